The third kappa shape index (κ3) is 6.71. The third-order valence-electron chi connectivity index (χ3n) is 3.25. The summed E-state index contributed by atoms with van der Waals surface area (Å²) in [6.45, 7) is 0.821. The first kappa shape index (κ1) is 22.1. The Morgan fingerprint density at radius 2 is 1.79 bits per heavy atom. The Bertz CT molecular complexity index is 656. The number of carboxylic acids is 1. The molecule has 0 saturated heterocycles. The maximum atomic E-state index is 10.8. The van der Waals surface area contributed by atoms with Crippen LogP contribution in [0.2, 0.25) is 0 Å². The lowest BCUT2D eigenvalue weighted by Gasteiger charge is -2.12. The van der Waals surface area contributed by atoms with Crippen LogP contribution in [-0.2, 0) is 11.2 Å². The highest BCUT2D eigenvalue weighted by Gasteiger charge is 2.07. The number of halogens is 2. The van der Waals surface area contributed by atoms with Crippen molar-refractivity contribution in [3.05, 3.63) is 71.6 Å². The van der Waals surface area contributed by atoms with Crippen LogP contribution >= 0.6 is 24.8 Å². The fourth-order valence-corrected chi connectivity index (χ4v) is 2.18. The molecule has 1 aromatic heterocycles. The van der Waals surface area contributed by atoms with Crippen LogP contribution in [0.4, 0.5) is 0 Å². The molecule has 0 aliphatic rings. The minimum atomic E-state index is -0.816. The van der Waals surface area contributed by atoms with Gasteiger partial charge in [0.1, 0.15) is 0 Å². The van der Waals surface area contributed by atoms with Gasteiger partial charge in [-0.3, -0.25) is 9.78 Å². The second kappa shape index (κ2) is 10.8. The molecule has 2 rings (SSSR count). The molecule has 0 aliphatic carbocycles. The molecule has 130 valence electrons. The van der Waals surface area contributed by atoms with Gasteiger partial charge in [-0.1, -0.05) is 36.4 Å². The molecule has 2 aromatic rings. The number of rotatable bonds is 6. The molecular formula is C18H22Cl2N2O2. The smallest absolute Gasteiger partial charge is 0.307 e. The summed E-state index contributed by atoms with van der Waals surface area (Å²) in [5.41, 5.74) is 4.01. The molecule has 0 amide bonds. The Labute approximate surface area is 155 Å². The Morgan fingerprint density at radius 1 is 1.12 bits per heavy atom. The third-order valence-corrected chi connectivity index (χ3v) is 3.25. The first-order valence-electron chi connectivity index (χ1n) is 7.12. The van der Waals surface area contributed by atoms with E-state index in [2.05, 4.69) is 16.0 Å². The number of hydrogen-bond acceptors (Lipinski definition) is 3. The Morgan fingerprint density at radius 3 is 2.29 bits per heavy atom. The van der Waals surface area contributed by atoms with Crippen molar-refractivity contribution in [3.8, 4) is 0 Å². The SMILES string of the molecule is CN(C)C/C=C(\c1ccc(CC(=O)O)cc1)c1cccnc1.Cl.Cl. The summed E-state index contributed by atoms with van der Waals surface area (Å²) in [6, 6.07) is 11.6. The standard InChI is InChI=1S/C18H20N2O2.2ClH/c1-20(2)11-9-17(16-4-3-10-19-13-16)15-7-5-14(6-8-15)12-18(21)22;;/h3-10,13H,11-12H2,1-2H3,(H,21,22);2*1H/b17-9+;;. The Kier molecular flexibility index (Phi) is 9.97. The highest BCUT2D eigenvalue weighted by molar-refractivity contribution is 5.85. The summed E-state index contributed by atoms with van der Waals surface area (Å²) in [5.74, 6) is -0.816. The van der Waals surface area contributed by atoms with Crippen molar-refractivity contribution in [2.75, 3.05) is 20.6 Å². The van der Waals surface area contributed by atoms with Crippen LogP contribution in [0, 0.1) is 0 Å². The first-order valence-corrected chi connectivity index (χ1v) is 7.12. The number of nitrogens with zero attached hydrogens (tertiary/aromatic N) is 2. The fourth-order valence-electron chi connectivity index (χ4n) is 2.18. The molecule has 0 aliphatic heterocycles. The van der Waals surface area contributed by atoms with Gasteiger partial charge in [-0.25, -0.2) is 0 Å². The predicted molar refractivity (Wildman–Crippen MR) is 102 cm³/mol. The molecule has 6 heteroatoms. The zero-order valence-corrected chi connectivity index (χ0v) is 15.3. The van der Waals surface area contributed by atoms with Crippen molar-refractivity contribution in [1.29, 1.82) is 0 Å². The molecule has 1 aromatic carbocycles. The molecule has 0 atom stereocenters. The van der Waals surface area contributed by atoms with E-state index < -0.39 is 5.97 Å². The number of carboxylic acid groups (broad SMARTS) is 1. The van der Waals surface area contributed by atoms with Crippen molar-refractivity contribution in [2.24, 2.45) is 0 Å². The van der Waals surface area contributed by atoms with Gasteiger partial charge in [0.2, 0.25) is 0 Å². The van der Waals surface area contributed by atoms with E-state index in [1.165, 1.54) is 0 Å². The largest absolute Gasteiger partial charge is 0.481 e. The lowest BCUT2D eigenvalue weighted by atomic mass is 9.97. The number of pyridine rings is 1. The normalized spacial score (nSPS) is 10.7. The van der Waals surface area contributed by atoms with Gasteiger partial charge in [-0.2, -0.15) is 0 Å². The summed E-state index contributed by atoms with van der Waals surface area (Å²) in [4.78, 5) is 17.0. The monoisotopic (exact) mass is 368 g/mol. The van der Waals surface area contributed by atoms with Crippen LogP contribution in [0.3, 0.4) is 0 Å². The number of aliphatic carboxylic acids is 1. The number of likely N-dealkylation sites (N-methyl/N-ethyl adjacent to an activating group) is 1. The van der Waals surface area contributed by atoms with Crippen molar-refractivity contribution in [2.45, 2.75) is 6.42 Å². The van der Waals surface area contributed by atoms with Crippen LogP contribution in [-0.4, -0.2) is 41.6 Å². The highest BCUT2D eigenvalue weighted by atomic mass is 35.5. The molecule has 0 spiro atoms. The van der Waals surface area contributed by atoms with Crippen LogP contribution in [0.5, 0.6) is 0 Å². The lowest BCUT2D eigenvalue weighted by Crippen LogP contribution is -2.11. The zero-order chi connectivity index (χ0) is 15.9. The van der Waals surface area contributed by atoms with Gasteiger partial charge in [0.05, 0.1) is 6.42 Å². The van der Waals surface area contributed by atoms with Crippen molar-refractivity contribution in [3.63, 3.8) is 0 Å². The van der Waals surface area contributed by atoms with E-state index >= 15 is 0 Å². The summed E-state index contributed by atoms with van der Waals surface area (Å²) in [7, 11) is 4.04. The van der Waals surface area contributed by atoms with Crippen LogP contribution in [0.15, 0.2) is 54.9 Å². The first-order chi connectivity index (χ1) is 10.6. The van der Waals surface area contributed by atoms with E-state index in [1.807, 2.05) is 56.7 Å². The van der Waals surface area contributed by atoms with E-state index in [1.54, 1.807) is 6.20 Å². The Balaban J connectivity index is 0.00000264. The van der Waals surface area contributed by atoms with E-state index in [4.69, 9.17) is 5.11 Å². The number of aromatic nitrogens is 1. The average molecular weight is 369 g/mol. The molecular weight excluding hydrogens is 347 g/mol. The van der Waals surface area contributed by atoms with E-state index in [-0.39, 0.29) is 31.2 Å². The van der Waals surface area contributed by atoms with Gasteiger partial charge >= 0.3 is 5.97 Å². The van der Waals surface area contributed by atoms with Crippen molar-refractivity contribution in [1.82, 2.24) is 9.88 Å². The molecule has 0 bridgehead atoms. The minimum absolute atomic E-state index is 0. The second-order valence-corrected chi connectivity index (χ2v) is 5.39. The second-order valence-electron chi connectivity index (χ2n) is 5.39. The van der Waals surface area contributed by atoms with Gasteiger partial charge in [-0.15, -0.1) is 24.8 Å². The lowest BCUT2D eigenvalue weighted by molar-refractivity contribution is -0.136. The maximum absolute atomic E-state index is 10.8. The quantitative estimate of drug-likeness (QED) is 0.846. The molecule has 1 N–H and O–H groups in total. The van der Waals surface area contributed by atoms with E-state index in [0.717, 1.165) is 28.8 Å². The van der Waals surface area contributed by atoms with Gasteiger partial charge in [0.25, 0.3) is 0 Å². The van der Waals surface area contributed by atoms with Gasteiger partial charge < -0.3 is 10.0 Å². The molecule has 0 saturated carbocycles. The molecule has 24 heavy (non-hydrogen) atoms. The summed E-state index contributed by atoms with van der Waals surface area (Å²) < 4.78 is 0. The maximum Gasteiger partial charge on any atom is 0.307 e. The number of carbonyl (C=O) groups is 1. The molecule has 0 radical (unpaired) electrons. The highest BCUT2D eigenvalue weighted by Crippen LogP contribution is 2.23. The molecule has 1 heterocycles. The Hall–Kier alpha value is -1.88. The van der Waals surface area contributed by atoms with Gasteiger partial charge in [0, 0.05) is 24.5 Å². The predicted octanol–water partition coefficient (Wildman–Crippen LogP) is 3.55. The molecule has 0 unspecified atom stereocenters. The minimum Gasteiger partial charge on any atom is -0.481 e. The van der Waals surface area contributed by atoms with Gasteiger partial charge in [0.15, 0.2) is 0 Å². The van der Waals surface area contributed by atoms with E-state index in [9.17, 15) is 4.79 Å². The average Bonchev–Trinajstić information content (AvgIpc) is 2.49. The van der Waals surface area contributed by atoms with Crippen molar-refractivity contribution < 1.29 is 9.90 Å². The summed E-state index contributed by atoms with van der Waals surface area (Å²) in [6.07, 6.45) is 5.79. The number of benzene rings is 1. The summed E-state index contributed by atoms with van der Waals surface area (Å²) >= 11 is 0. The number of hydrogen-bond donors (Lipinski definition) is 1. The summed E-state index contributed by atoms with van der Waals surface area (Å²) in [5, 5.41) is 8.84. The topological polar surface area (TPSA) is 53.4 Å². The van der Waals surface area contributed by atoms with Crippen LogP contribution in [0.25, 0.3) is 5.57 Å². The zero-order valence-electron chi connectivity index (χ0n) is 13.7. The molecule has 0 fully saturated rings. The van der Waals surface area contributed by atoms with Crippen LogP contribution in [0.1, 0.15) is 16.7 Å². The van der Waals surface area contributed by atoms with Gasteiger partial charge in [-0.05, 0) is 36.9 Å². The van der Waals surface area contributed by atoms with Crippen LogP contribution < -0.4 is 0 Å². The van der Waals surface area contributed by atoms with E-state index in [0.29, 0.717) is 0 Å². The fraction of sp³-hybridized carbons (Fsp3) is 0.222. The van der Waals surface area contributed by atoms with Crippen molar-refractivity contribution >= 4 is 36.4 Å². The molecule has 4 nitrogen and oxygen atoms in total.